The predicted octanol–water partition coefficient (Wildman–Crippen LogP) is 0.816. The van der Waals surface area contributed by atoms with E-state index >= 15 is 0 Å². The molecule has 1 aromatic rings. The van der Waals surface area contributed by atoms with E-state index < -0.39 is 17.9 Å². The van der Waals surface area contributed by atoms with Crippen LogP contribution >= 0.6 is 11.3 Å². The Balaban J connectivity index is 2.51. The minimum absolute atomic E-state index is 0.164. The molecule has 1 aromatic heterocycles. The van der Waals surface area contributed by atoms with Gasteiger partial charge in [0, 0.05) is 4.88 Å². The third kappa shape index (κ3) is 3.83. The average Bonchev–Trinajstić information content (AvgIpc) is 2.81. The molecule has 0 aromatic carbocycles. The molecule has 2 atom stereocenters. The van der Waals surface area contributed by atoms with E-state index in [1.807, 2.05) is 24.4 Å². The Morgan fingerprint density at radius 3 is 2.82 bits per heavy atom. The molecule has 6 heteroatoms. The zero-order chi connectivity index (χ0) is 12.8. The minimum Gasteiger partial charge on any atom is -0.464 e. The summed E-state index contributed by atoms with van der Waals surface area (Å²) in [5.74, 6) is -1.23. The second-order valence-electron chi connectivity index (χ2n) is 3.48. The molecule has 0 radical (unpaired) electrons. The van der Waals surface area contributed by atoms with Gasteiger partial charge < -0.3 is 15.8 Å². The van der Waals surface area contributed by atoms with Crippen molar-refractivity contribution in [3.05, 3.63) is 22.4 Å². The van der Waals surface area contributed by atoms with E-state index in [1.165, 1.54) is 11.3 Å². The average molecular weight is 256 g/mol. The van der Waals surface area contributed by atoms with E-state index in [4.69, 9.17) is 5.73 Å². The monoisotopic (exact) mass is 256 g/mol. The van der Waals surface area contributed by atoms with Crippen molar-refractivity contribution in [2.24, 2.45) is 5.73 Å². The zero-order valence-corrected chi connectivity index (χ0v) is 10.6. The number of amides is 1. The van der Waals surface area contributed by atoms with E-state index in [0.717, 1.165) is 4.88 Å². The van der Waals surface area contributed by atoms with Crippen molar-refractivity contribution in [1.29, 1.82) is 0 Å². The Morgan fingerprint density at radius 1 is 1.59 bits per heavy atom. The zero-order valence-electron chi connectivity index (χ0n) is 9.80. The highest BCUT2D eigenvalue weighted by Crippen LogP contribution is 2.17. The first-order valence-electron chi connectivity index (χ1n) is 5.32. The summed E-state index contributed by atoms with van der Waals surface area (Å²) < 4.78 is 4.67. The van der Waals surface area contributed by atoms with Crippen LogP contribution in [0.4, 0.5) is 0 Å². The van der Waals surface area contributed by atoms with Crippen LogP contribution in [-0.2, 0) is 14.3 Å². The number of thiophene rings is 1. The molecule has 3 N–H and O–H groups in total. The van der Waals surface area contributed by atoms with Crippen LogP contribution in [0.2, 0.25) is 0 Å². The molecule has 0 saturated carbocycles. The van der Waals surface area contributed by atoms with Gasteiger partial charge in [0.1, 0.15) is 0 Å². The fourth-order valence-electron chi connectivity index (χ4n) is 1.25. The molecular weight excluding hydrogens is 240 g/mol. The first-order chi connectivity index (χ1) is 8.06. The van der Waals surface area contributed by atoms with Crippen molar-refractivity contribution in [1.82, 2.24) is 5.32 Å². The summed E-state index contributed by atoms with van der Waals surface area (Å²) in [6.45, 7) is 3.71. The van der Waals surface area contributed by atoms with Gasteiger partial charge in [-0.25, -0.2) is 4.79 Å². The largest absolute Gasteiger partial charge is 0.464 e. The van der Waals surface area contributed by atoms with E-state index in [0.29, 0.717) is 0 Å². The summed E-state index contributed by atoms with van der Waals surface area (Å²) in [6.07, 6.45) is 0. The molecule has 17 heavy (non-hydrogen) atoms. The molecular formula is C11H16N2O3S. The molecule has 1 amide bonds. The highest BCUT2D eigenvalue weighted by atomic mass is 32.1. The Hall–Kier alpha value is -1.40. The van der Waals surface area contributed by atoms with Crippen LogP contribution in [0, 0.1) is 0 Å². The quantitative estimate of drug-likeness (QED) is 0.603. The number of ether oxygens (including phenoxy) is 1. The Labute approximate surface area is 104 Å². The van der Waals surface area contributed by atoms with Gasteiger partial charge in [-0.15, -0.1) is 11.3 Å². The van der Waals surface area contributed by atoms with Crippen molar-refractivity contribution in [3.63, 3.8) is 0 Å². The number of carbonyl (C=O) groups excluding carboxylic acids is 2. The van der Waals surface area contributed by atoms with Crippen molar-refractivity contribution < 1.29 is 14.3 Å². The number of carbonyl (C=O) groups is 2. The first kappa shape index (κ1) is 13.7. The standard InChI is InChI=1S/C11H16N2O3S/c1-3-16-11(15)9(12)10(14)13-7(2)8-5-4-6-17-8/h4-7,9H,3,12H2,1-2H3,(H,13,14)/t7-,9?/m1/s1. The topological polar surface area (TPSA) is 81.4 Å². The molecule has 5 nitrogen and oxygen atoms in total. The first-order valence-corrected chi connectivity index (χ1v) is 6.20. The van der Waals surface area contributed by atoms with Crippen molar-refractivity contribution >= 4 is 23.2 Å². The van der Waals surface area contributed by atoms with Crippen LogP contribution in [0.1, 0.15) is 24.8 Å². The lowest BCUT2D eigenvalue weighted by atomic mass is 10.2. The van der Waals surface area contributed by atoms with Crippen LogP contribution in [0.5, 0.6) is 0 Å². The van der Waals surface area contributed by atoms with Gasteiger partial charge in [0.2, 0.25) is 5.91 Å². The molecule has 0 saturated heterocycles. The second-order valence-corrected chi connectivity index (χ2v) is 4.45. The van der Waals surface area contributed by atoms with Gasteiger partial charge in [0.25, 0.3) is 0 Å². The molecule has 0 bridgehead atoms. The van der Waals surface area contributed by atoms with Gasteiger partial charge in [0.15, 0.2) is 6.04 Å². The fourth-order valence-corrected chi connectivity index (χ4v) is 1.99. The molecule has 94 valence electrons. The molecule has 0 aliphatic rings. The molecule has 0 aliphatic heterocycles. The molecule has 0 aliphatic carbocycles. The summed E-state index contributed by atoms with van der Waals surface area (Å²) in [4.78, 5) is 23.9. The summed E-state index contributed by atoms with van der Waals surface area (Å²) in [5, 5.41) is 4.59. The summed E-state index contributed by atoms with van der Waals surface area (Å²) in [5.41, 5.74) is 5.47. The molecule has 1 unspecified atom stereocenters. The lowest BCUT2D eigenvalue weighted by Crippen LogP contribution is -2.47. The van der Waals surface area contributed by atoms with E-state index in [-0.39, 0.29) is 12.6 Å². The number of esters is 1. The van der Waals surface area contributed by atoms with Crippen molar-refractivity contribution in [2.45, 2.75) is 25.9 Å². The van der Waals surface area contributed by atoms with Gasteiger partial charge in [-0.1, -0.05) is 6.07 Å². The molecule has 0 spiro atoms. The van der Waals surface area contributed by atoms with Crippen LogP contribution in [0.15, 0.2) is 17.5 Å². The van der Waals surface area contributed by atoms with E-state index in [2.05, 4.69) is 10.1 Å². The maximum Gasteiger partial charge on any atom is 0.332 e. The van der Waals surface area contributed by atoms with Gasteiger partial charge in [0.05, 0.1) is 12.6 Å². The van der Waals surface area contributed by atoms with Crippen LogP contribution in [0.3, 0.4) is 0 Å². The number of hydrogen-bond donors (Lipinski definition) is 2. The van der Waals surface area contributed by atoms with Crippen LogP contribution in [0.25, 0.3) is 0 Å². The van der Waals surface area contributed by atoms with Crippen LogP contribution in [-0.4, -0.2) is 24.5 Å². The summed E-state index contributed by atoms with van der Waals surface area (Å²) in [6, 6.07) is 2.37. The highest BCUT2D eigenvalue weighted by Gasteiger charge is 2.24. The Kier molecular flexibility index (Phi) is 5.11. The lowest BCUT2D eigenvalue weighted by molar-refractivity contribution is -0.148. The smallest absolute Gasteiger partial charge is 0.332 e. The van der Waals surface area contributed by atoms with E-state index in [9.17, 15) is 9.59 Å². The summed E-state index contributed by atoms with van der Waals surface area (Å²) >= 11 is 1.53. The molecule has 1 rings (SSSR count). The SMILES string of the molecule is CCOC(=O)C(N)C(=O)N[C@H](C)c1cccs1. The number of hydrogen-bond acceptors (Lipinski definition) is 5. The highest BCUT2D eigenvalue weighted by molar-refractivity contribution is 7.10. The Bertz CT molecular complexity index is 378. The van der Waals surface area contributed by atoms with Gasteiger partial charge >= 0.3 is 5.97 Å². The molecule has 1 heterocycles. The molecule has 0 fully saturated rings. The number of rotatable bonds is 5. The van der Waals surface area contributed by atoms with Gasteiger partial charge in [-0.2, -0.15) is 0 Å². The normalized spacial score (nSPS) is 13.8. The lowest BCUT2D eigenvalue weighted by Gasteiger charge is -2.15. The third-order valence-corrected chi connectivity index (χ3v) is 3.21. The van der Waals surface area contributed by atoms with Gasteiger partial charge in [-0.3, -0.25) is 4.79 Å². The summed E-state index contributed by atoms with van der Waals surface area (Å²) in [7, 11) is 0. The Morgan fingerprint density at radius 2 is 2.29 bits per heavy atom. The predicted molar refractivity (Wildman–Crippen MR) is 65.5 cm³/mol. The van der Waals surface area contributed by atoms with Gasteiger partial charge in [-0.05, 0) is 25.3 Å². The van der Waals surface area contributed by atoms with Crippen molar-refractivity contribution in [3.8, 4) is 0 Å². The van der Waals surface area contributed by atoms with E-state index in [1.54, 1.807) is 6.92 Å². The minimum atomic E-state index is -1.27. The third-order valence-electron chi connectivity index (χ3n) is 2.15. The number of nitrogens with two attached hydrogens (primary N) is 1. The van der Waals surface area contributed by atoms with Crippen LogP contribution < -0.4 is 11.1 Å². The fraction of sp³-hybridized carbons (Fsp3) is 0.455. The maximum absolute atomic E-state index is 11.6. The second kappa shape index (κ2) is 6.36. The van der Waals surface area contributed by atoms with Crippen molar-refractivity contribution in [2.75, 3.05) is 6.61 Å². The number of nitrogens with one attached hydrogen (secondary N) is 1. The maximum atomic E-state index is 11.6.